The molecule has 2 rings (SSSR count). The molecule has 0 N–H and O–H groups in total. The monoisotopic (exact) mass is 397 g/mol. The minimum atomic E-state index is -1.81. The lowest BCUT2D eigenvalue weighted by atomic mass is 10.6. The third-order valence-electron chi connectivity index (χ3n) is 1.97. The maximum absolute atomic E-state index is 5.78. The van der Waals surface area contributed by atoms with Gasteiger partial charge in [0.2, 0.25) is 7.59 Å². The maximum Gasteiger partial charge on any atom is 0.250 e. The molecule has 1 aromatic rings. The van der Waals surface area contributed by atoms with Crippen LogP contribution >= 0.6 is 80.5 Å². The first-order valence-electron chi connectivity index (χ1n) is 4.72. The SMILES string of the molecule is ClC(Cl)(Cl)c1nc([SH]2C=CC=C2)nc(C(Cl)(Cl)Cl)n1. The molecule has 104 valence electrons. The van der Waals surface area contributed by atoms with Crippen molar-refractivity contribution in [1.29, 1.82) is 0 Å². The Hall–Kier alpha value is 0.580. The zero-order valence-corrected chi connectivity index (χ0v) is 14.3. The molecule has 0 fully saturated rings. The van der Waals surface area contributed by atoms with Crippen molar-refractivity contribution in [3.05, 3.63) is 34.6 Å². The molecule has 1 aliphatic rings. The normalized spacial score (nSPS) is 17.3. The van der Waals surface area contributed by atoms with Crippen LogP contribution < -0.4 is 0 Å². The molecule has 3 nitrogen and oxygen atoms in total. The van der Waals surface area contributed by atoms with E-state index in [9.17, 15) is 0 Å². The van der Waals surface area contributed by atoms with Gasteiger partial charge in [-0.1, -0.05) is 81.8 Å². The number of hydrogen-bond acceptors (Lipinski definition) is 3. The minimum Gasteiger partial charge on any atom is -0.209 e. The summed E-state index contributed by atoms with van der Waals surface area (Å²) in [5.74, 6) is -0.139. The molecule has 19 heavy (non-hydrogen) atoms. The smallest absolute Gasteiger partial charge is 0.209 e. The van der Waals surface area contributed by atoms with E-state index in [2.05, 4.69) is 15.0 Å². The molecule has 0 saturated carbocycles. The van der Waals surface area contributed by atoms with Gasteiger partial charge in [-0.15, -0.1) is 0 Å². The number of nitrogens with zero attached hydrogens (tertiary/aromatic N) is 3. The molecular formula is C9H5Cl6N3S. The highest BCUT2D eigenvalue weighted by atomic mass is 35.6. The average molecular weight is 400 g/mol. The van der Waals surface area contributed by atoms with Crippen molar-refractivity contribution < 1.29 is 0 Å². The molecule has 0 aliphatic carbocycles. The number of rotatable bonds is 1. The van der Waals surface area contributed by atoms with Crippen LogP contribution in [0.1, 0.15) is 11.6 Å². The fourth-order valence-corrected chi connectivity index (χ4v) is 3.06. The van der Waals surface area contributed by atoms with Gasteiger partial charge < -0.3 is 0 Å². The fraction of sp³-hybridized carbons (Fsp3) is 0.222. The summed E-state index contributed by atoms with van der Waals surface area (Å²) in [6, 6.07) is 0. The summed E-state index contributed by atoms with van der Waals surface area (Å²) < 4.78 is -3.63. The molecule has 0 atom stereocenters. The Balaban J connectivity index is 2.55. The molecule has 0 amide bonds. The molecular weight excluding hydrogens is 395 g/mol. The van der Waals surface area contributed by atoms with E-state index in [4.69, 9.17) is 69.6 Å². The topological polar surface area (TPSA) is 38.7 Å². The number of hydrogen-bond donors (Lipinski definition) is 1. The van der Waals surface area contributed by atoms with Crippen LogP contribution in [0.3, 0.4) is 0 Å². The highest BCUT2D eigenvalue weighted by molar-refractivity contribution is 8.22. The van der Waals surface area contributed by atoms with E-state index >= 15 is 0 Å². The van der Waals surface area contributed by atoms with Crippen LogP contribution in [0.2, 0.25) is 0 Å². The van der Waals surface area contributed by atoms with Gasteiger partial charge in [-0.05, 0) is 10.8 Å². The van der Waals surface area contributed by atoms with Crippen molar-refractivity contribution in [3.63, 3.8) is 0 Å². The first-order valence-corrected chi connectivity index (χ1v) is 8.46. The fourth-order valence-electron chi connectivity index (χ4n) is 1.20. The lowest BCUT2D eigenvalue weighted by Crippen LogP contribution is -2.17. The number of aromatic nitrogens is 3. The zero-order valence-electron chi connectivity index (χ0n) is 8.87. The van der Waals surface area contributed by atoms with Crippen molar-refractivity contribution in [2.24, 2.45) is 0 Å². The van der Waals surface area contributed by atoms with E-state index in [1.807, 2.05) is 23.0 Å². The van der Waals surface area contributed by atoms with Gasteiger partial charge in [0.15, 0.2) is 16.8 Å². The average Bonchev–Trinajstić information content (AvgIpc) is 2.79. The van der Waals surface area contributed by atoms with E-state index in [-0.39, 0.29) is 11.6 Å². The molecule has 10 heteroatoms. The molecule has 2 heterocycles. The van der Waals surface area contributed by atoms with E-state index in [1.165, 1.54) is 0 Å². The van der Waals surface area contributed by atoms with Gasteiger partial charge in [-0.2, -0.15) is 10.9 Å². The summed E-state index contributed by atoms with van der Waals surface area (Å²) in [6.45, 7) is 0. The molecule has 0 unspecified atom stereocenters. The standard InChI is InChI=1S/C9H5Cl6N3S/c10-8(11,12)5-16-6(9(13,14)15)18-7(17-5)19-3-1-2-4-19/h1-4,19H. The molecule has 1 aliphatic heterocycles. The van der Waals surface area contributed by atoms with Gasteiger partial charge in [-0.25, -0.2) is 15.0 Å². The molecule has 1 aromatic heterocycles. The highest BCUT2D eigenvalue weighted by Gasteiger charge is 2.34. The first kappa shape index (κ1) is 16.0. The Morgan fingerprint density at radius 3 is 1.53 bits per heavy atom. The third-order valence-corrected chi connectivity index (χ3v) is 4.63. The summed E-state index contributed by atoms with van der Waals surface area (Å²) in [5.41, 5.74) is 0. The third kappa shape index (κ3) is 4.03. The van der Waals surface area contributed by atoms with E-state index in [0.717, 1.165) is 0 Å². The summed E-state index contributed by atoms with van der Waals surface area (Å²) in [7, 11) is -0.842. The van der Waals surface area contributed by atoms with Gasteiger partial charge in [0.1, 0.15) is 0 Å². The molecule has 0 saturated heterocycles. The van der Waals surface area contributed by atoms with Gasteiger partial charge in [-0.3, -0.25) is 0 Å². The number of allylic oxidation sites excluding steroid dienone is 2. The Bertz CT molecular complexity index is 504. The van der Waals surface area contributed by atoms with Crippen LogP contribution in [0.4, 0.5) is 0 Å². The summed E-state index contributed by atoms with van der Waals surface area (Å²) >= 11 is 34.7. The van der Waals surface area contributed by atoms with Crippen LogP contribution in [0, 0.1) is 0 Å². The second-order valence-corrected chi connectivity index (χ2v) is 9.74. The van der Waals surface area contributed by atoms with E-state index in [1.54, 1.807) is 0 Å². The van der Waals surface area contributed by atoms with Gasteiger partial charge >= 0.3 is 0 Å². The summed E-state index contributed by atoms with van der Waals surface area (Å²) in [5, 5.41) is 4.27. The number of thiol groups is 1. The van der Waals surface area contributed by atoms with Crippen LogP contribution in [-0.2, 0) is 7.59 Å². The van der Waals surface area contributed by atoms with Crippen molar-refractivity contribution in [2.45, 2.75) is 12.7 Å². The van der Waals surface area contributed by atoms with Crippen LogP contribution in [0.5, 0.6) is 0 Å². The van der Waals surface area contributed by atoms with Gasteiger partial charge in [0.25, 0.3) is 0 Å². The second-order valence-electron chi connectivity index (χ2n) is 3.37. The number of halogens is 6. The second kappa shape index (κ2) is 5.76. The Morgan fingerprint density at radius 2 is 1.16 bits per heavy atom. The van der Waals surface area contributed by atoms with Crippen molar-refractivity contribution >= 4 is 80.5 Å². The largest absolute Gasteiger partial charge is 0.250 e. The highest BCUT2D eigenvalue weighted by Crippen LogP contribution is 2.44. The summed E-state index contributed by atoms with van der Waals surface area (Å²) in [4.78, 5) is 12.2. The van der Waals surface area contributed by atoms with Crippen LogP contribution in [0.25, 0.3) is 0 Å². The van der Waals surface area contributed by atoms with Crippen molar-refractivity contribution in [1.82, 2.24) is 15.0 Å². The lowest BCUT2D eigenvalue weighted by Gasteiger charge is -2.17. The zero-order chi connectivity index (χ0) is 14.3. The van der Waals surface area contributed by atoms with Crippen LogP contribution in [-0.4, -0.2) is 15.0 Å². The predicted octanol–water partition coefficient (Wildman–Crippen LogP) is 4.93. The predicted molar refractivity (Wildman–Crippen MR) is 83.8 cm³/mol. The Labute approximate surface area is 142 Å². The van der Waals surface area contributed by atoms with Gasteiger partial charge in [0.05, 0.1) is 0 Å². The Kier molecular flexibility index (Phi) is 4.84. The molecule has 0 aromatic carbocycles. The molecule has 0 radical (unpaired) electrons. The molecule has 0 spiro atoms. The quantitative estimate of drug-likeness (QED) is 0.537. The van der Waals surface area contributed by atoms with Crippen molar-refractivity contribution in [2.75, 3.05) is 0 Å². The Morgan fingerprint density at radius 1 is 0.737 bits per heavy atom. The molecule has 0 bridgehead atoms. The van der Waals surface area contributed by atoms with E-state index < -0.39 is 18.5 Å². The number of alkyl halides is 6. The maximum atomic E-state index is 5.78. The van der Waals surface area contributed by atoms with Crippen molar-refractivity contribution in [3.8, 4) is 0 Å². The first-order chi connectivity index (χ1) is 8.68. The minimum absolute atomic E-state index is 0.0694. The summed E-state index contributed by atoms with van der Waals surface area (Å²) in [6.07, 6.45) is 3.75. The van der Waals surface area contributed by atoms with Gasteiger partial charge in [0, 0.05) is 0 Å². The lowest BCUT2D eigenvalue weighted by molar-refractivity contribution is 0.768. The van der Waals surface area contributed by atoms with Crippen LogP contribution in [0.15, 0.2) is 28.1 Å². The van der Waals surface area contributed by atoms with E-state index in [0.29, 0.717) is 5.16 Å².